The molecule has 2 aliphatic rings. The number of rotatable bonds is 8. The lowest BCUT2D eigenvalue weighted by atomic mass is 10.0. The molecule has 0 spiro atoms. The molecule has 0 aliphatic carbocycles. The molecule has 1 aromatic heterocycles. The van der Waals surface area contributed by atoms with Crippen LogP contribution < -0.4 is 5.32 Å². The van der Waals surface area contributed by atoms with Crippen LogP contribution in [0.4, 0.5) is 0 Å². The number of carbonyl (C=O) groups is 4. The Morgan fingerprint density at radius 1 is 1.05 bits per heavy atom. The number of hydrogen-bond donors (Lipinski definition) is 2. The van der Waals surface area contributed by atoms with E-state index in [2.05, 4.69) is 5.32 Å². The number of thiophene rings is 1. The molecule has 2 fully saturated rings. The highest BCUT2D eigenvalue weighted by molar-refractivity contribution is 7.13. The highest BCUT2D eigenvalue weighted by Crippen LogP contribution is 2.32. The van der Waals surface area contributed by atoms with Crippen LogP contribution in [-0.2, 0) is 14.4 Å². The van der Waals surface area contributed by atoms with Crippen LogP contribution in [0.5, 0.6) is 0 Å². The Kier molecular flexibility index (Phi) is 8.14. The molecule has 2 aromatic rings. The molecular formula is C28H35N3O5S. The Balaban J connectivity index is 1.48. The SMILES string of the molecule is CC(C)CC(NC(=O)c1ccc(-c2cccs2)cc1)C(=O)N1CCC2C1C(=O)CN2C(=O)C(O)C(C)C. The molecule has 198 valence electrons. The molecule has 3 amide bonds. The number of aliphatic hydroxyl groups excluding tert-OH is 1. The number of carbonyl (C=O) groups excluding carboxylic acids is 4. The minimum Gasteiger partial charge on any atom is -0.383 e. The number of amides is 3. The van der Waals surface area contributed by atoms with Crippen molar-refractivity contribution in [3.8, 4) is 10.4 Å². The second kappa shape index (κ2) is 11.1. The molecule has 4 unspecified atom stereocenters. The first-order chi connectivity index (χ1) is 17.6. The molecule has 4 atom stereocenters. The Morgan fingerprint density at radius 2 is 1.76 bits per heavy atom. The number of benzene rings is 1. The van der Waals surface area contributed by atoms with Gasteiger partial charge in [-0.1, -0.05) is 45.9 Å². The summed E-state index contributed by atoms with van der Waals surface area (Å²) >= 11 is 1.62. The molecule has 2 aliphatic heterocycles. The Morgan fingerprint density at radius 3 is 2.35 bits per heavy atom. The van der Waals surface area contributed by atoms with Crippen molar-refractivity contribution in [2.24, 2.45) is 11.8 Å². The maximum Gasteiger partial charge on any atom is 0.252 e. The Hall–Kier alpha value is -3.04. The molecule has 9 heteroatoms. The highest BCUT2D eigenvalue weighted by Gasteiger charge is 2.53. The van der Waals surface area contributed by atoms with E-state index < -0.39 is 30.1 Å². The molecule has 2 N–H and O–H groups in total. The van der Waals surface area contributed by atoms with Crippen molar-refractivity contribution in [3.63, 3.8) is 0 Å². The van der Waals surface area contributed by atoms with Crippen LogP contribution in [-0.4, -0.2) is 75.7 Å². The molecule has 2 saturated heterocycles. The predicted molar refractivity (Wildman–Crippen MR) is 142 cm³/mol. The zero-order valence-electron chi connectivity index (χ0n) is 21.7. The number of aliphatic hydroxyl groups is 1. The van der Waals surface area contributed by atoms with Crippen LogP contribution in [0.1, 0.15) is 50.9 Å². The second-order valence-electron chi connectivity index (χ2n) is 10.7. The van der Waals surface area contributed by atoms with Gasteiger partial charge < -0.3 is 20.2 Å². The number of Topliss-reactive ketones (excluding diaryl/α,β-unsaturated/α-hetero) is 1. The Labute approximate surface area is 221 Å². The predicted octanol–water partition coefficient (Wildman–Crippen LogP) is 2.96. The molecule has 4 rings (SSSR count). The molecule has 8 nitrogen and oxygen atoms in total. The summed E-state index contributed by atoms with van der Waals surface area (Å²) in [5, 5.41) is 15.2. The van der Waals surface area contributed by atoms with Gasteiger partial charge >= 0.3 is 0 Å². The molecular weight excluding hydrogens is 490 g/mol. The maximum absolute atomic E-state index is 13.7. The summed E-state index contributed by atoms with van der Waals surface area (Å²) in [4.78, 5) is 56.6. The van der Waals surface area contributed by atoms with E-state index in [1.165, 1.54) is 9.80 Å². The molecule has 0 bridgehead atoms. The van der Waals surface area contributed by atoms with Gasteiger partial charge in [0.1, 0.15) is 18.2 Å². The second-order valence-corrected chi connectivity index (χ2v) is 11.6. The standard InChI is InChI=1S/C28H35N3O5S/c1-16(2)14-20(29-26(34)19-9-7-18(8-10-19)23-6-5-13-37-23)27(35)30-12-11-21-24(30)22(32)15-31(21)28(36)25(33)17(3)4/h5-10,13,16-17,20-21,24-25,33H,11-12,14-15H2,1-4H3,(H,29,34). The largest absolute Gasteiger partial charge is 0.383 e. The smallest absolute Gasteiger partial charge is 0.252 e. The zero-order valence-corrected chi connectivity index (χ0v) is 22.5. The fourth-order valence-electron chi connectivity index (χ4n) is 5.18. The van der Waals surface area contributed by atoms with Crippen LogP contribution >= 0.6 is 11.3 Å². The van der Waals surface area contributed by atoms with Crippen LogP contribution in [0.15, 0.2) is 41.8 Å². The monoisotopic (exact) mass is 525 g/mol. The van der Waals surface area contributed by atoms with Crippen molar-refractivity contribution in [1.29, 1.82) is 0 Å². The van der Waals surface area contributed by atoms with Gasteiger partial charge in [-0.15, -0.1) is 11.3 Å². The molecule has 1 aromatic carbocycles. The fourth-order valence-corrected chi connectivity index (χ4v) is 5.91. The van der Waals surface area contributed by atoms with Crippen LogP contribution in [0.2, 0.25) is 0 Å². The van der Waals surface area contributed by atoms with E-state index in [1.54, 1.807) is 37.3 Å². The summed E-state index contributed by atoms with van der Waals surface area (Å²) in [5.41, 5.74) is 1.48. The molecule has 3 heterocycles. The van der Waals surface area contributed by atoms with E-state index in [0.717, 1.165) is 10.4 Å². The van der Waals surface area contributed by atoms with E-state index in [0.29, 0.717) is 24.9 Å². The first-order valence-electron chi connectivity index (χ1n) is 12.8. The lowest BCUT2D eigenvalue weighted by Crippen LogP contribution is -2.53. The van der Waals surface area contributed by atoms with E-state index in [9.17, 15) is 24.3 Å². The zero-order chi connectivity index (χ0) is 26.9. The van der Waals surface area contributed by atoms with Crippen LogP contribution in [0, 0.1) is 11.8 Å². The van der Waals surface area contributed by atoms with Crippen molar-refractivity contribution in [2.75, 3.05) is 13.1 Å². The van der Waals surface area contributed by atoms with Gasteiger partial charge in [-0.3, -0.25) is 19.2 Å². The van der Waals surface area contributed by atoms with Crippen molar-refractivity contribution in [1.82, 2.24) is 15.1 Å². The van der Waals surface area contributed by atoms with Gasteiger partial charge in [-0.2, -0.15) is 0 Å². The van der Waals surface area contributed by atoms with Crippen LogP contribution in [0.25, 0.3) is 10.4 Å². The number of fused-ring (bicyclic) bond motifs is 1. The van der Waals surface area contributed by atoms with Gasteiger partial charge in [-0.25, -0.2) is 0 Å². The summed E-state index contributed by atoms with van der Waals surface area (Å²) in [6, 6.07) is 9.28. The molecule has 37 heavy (non-hydrogen) atoms. The highest BCUT2D eigenvalue weighted by atomic mass is 32.1. The fraction of sp³-hybridized carbons (Fsp3) is 0.500. The van der Waals surface area contributed by atoms with Gasteiger partial charge in [0.15, 0.2) is 5.78 Å². The van der Waals surface area contributed by atoms with E-state index in [4.69, 9.17) is 0 Å². The first-order valence-corrected chi connectivity index (χ1v) is 13.7. The minimum atomic E-state index is -1.18. The lowest BCUT2D eigenvalue weighted by Gasteiger charge is -2.29. The summed E-state index contributed by atoms with van der Waals surface area (Å²) in [6.07, 6.45) is -0.296. The average Bonchev–Trinajstić information content (AvgIpc) is 3.61. The van der Waals surface area contributed by atoms with Gasteiger partial charge in [0.2, 0.25) is 5.91 Å². The summed E-state index contributed by atoms with van der Waals surface area (Å²) < 4.78 is 0. The minimum absolute atomic E-state index is 0.112. The van der Waals surface area contributed by atoms with Crippen molar-refractivity contribution in [2.45, 2.75) is 64.8 Å². The Bertz CT molecular complexity index is 1150. The van der Waals surface area contributed by atoms with E-state index >= 15 is 0 Å². The lowest BCUT2D eigenvalue weighted by molar-refractivity contribution is -0.144. The van der Waals surface area contributed by atoms with Crippen molar-refractivity contribution in [3.05, 3.63) is 47.3 Å². The van der Waals surface area contributed by atoms with E-state index in [1.807, 2.05) is 43.5 Å². The number of nitrogens with zero attached hydrogens (tertiary/aromatic N) is 2. The van der Waals surface area contributed by atoms with Gasteiger partial charge in [0.25, 0.3) is 11.8 Å². The number of ketones is 1. The number of hydrogen-bond acceptors (Lipinski definition) is 6. The summed E-state index contributed by atoms with van der Waals surface area (Å²) in [5.74, 6) is -1.47. The third-order valence-electron chi connectivity index (χ3n) is 7.14. The first kappa shape index (κ1) is 27.0. The third-order valence-corrected chi connectivity index (χ3v) is 8.06. The van der Waals surface area contributed by atoms with Crippen molar-refractivity contribution >= 4 is 34.8 Å². The topological polar surface area (TPSA) is 107 Å². The van der Waals surface area contributed by atoms with Gasteiger partial charge in [-0.05, 0) is 53.8 Å². The average molecular weight is 526 g/mol. The molecule has 0 radical (unpaired) electrons. The van der Waals surface area contributed by atoms with E-state index in [-0.39, 0.29) is 36.0 Å². The molecule has 0 saturated carbocycles. The van der Waals surface area contributed by atoms with Gasteiger partial charge in [0, 0.05) is 17.0 Å². The van der Waals surface area contributed by atoms with Crippen molar-refractivity contribution < 1.29 is 24.3 Å². The third kappa shape index (κ3) is 5.62. The number of nitrogens with one attached hydrogen (secondary N) is 1. The normalized spacial score (nSPS) is 20.9. The summed E-state index contributed by atoms with van der Waals surface area (Å²) in [6.45, 7) is 7.66. The quantitative estimate of drug-likeness (QED) is 0.551. The maximum atomic E-state index is 13.7. The summed E-state index contributed by atoms with van der Waals surface area (Å²) in [7, 11) is 0. The number of likely N-dealkylation sites (tertiary alicyclic amines) is 2. The van der Waals surface area contributed by atoms with Crippen LogP contribution in [0.3, 0.4) is 0 Å². The van der Waals surface area contributed by atoms with Gasteiger partial charge in [0.05, 0.1) is 12.6 Å².